The topological polar surface area (TPSA) is 37.3 Å². The normalized spacial score (nSPS) is 8.68. The standard InChI is InChI=1S/C7HO2.5ClH.5Hg/c8-7(9)6-4-2-1-3-5-6;;;;;;;;;;/h(H,8,9);5*1H;;;;;/q;;;;;;5*+1/p-5. The third-order valence-electron chi connectivity index (χ3n) is 2.94. The van der Waals surface area contributed by atoms with Gasteiger partial charge in [-0.15, -0.1) is 0 Å². The maximum absolute atomic E-state index is 11.6. The second kappa shape index (κ2) is 11.4. The second-order valence-corrected chi connectivity index (χ2v) is 34.4. The molecule has 0 spiro atoms. The van der Waals surface area contributed by atoms with Crippen LogP contribution >= 0.6 is 41.2 Å². The minimum absolute atomic E-state index is 0.432. The molecule has 0 fully saturated rings. The molecule has 0 bridgehead atoms. The monoisotopic (exact) mass is 1300 g/mol. The number of carboxylic acid groups (broad SMARTS) is 1. The van der Waals surface area contributed by atoms with Crippen LogP contribution in [0.5, 0.6) is 0 Å². The Balaban J connectivity index is 3.85. The molecule has 2 nitrogen and oxygen atoms in total. The number of carbonyl (C=O) groups is 1. The molecule has 19 heavy (non-hydrogen) atoms. The third-order valence-corrected chi connectivity index (χ3v) is 66.1. The van der Waals surface area contributed by atoms with Crippen LogP contribution in [0, 0.1) is 0 Å². The summed E-state index contributed by atoms with van der Waals surface area (Å²) in [5.41, 5.74) is 0.432. The van der Waals surface area contributed by atoms with Gasteiger partial charge in [0.1, 0.15) is 0 Å². The zero-order valence-corrected chi connectivity index (χ0v) is 41.0. The van der Waals surface area contributed by atoms with Crippen LogP contribution in [0.1, 0.15) is 10.4 Å². The Labute approximate surface area is 189 Å². The molecule has 12 heteroatoms. The summed E-state index contributed by atoms with van der Waals surface area (Å²) in [6, 6.07) is 0. The molecular weight excluding hydrogens is 1300 g/mol. The van der Waals surface area contributed by atoms with Gasteiger partial charge in [-0.05, 0) is 0 Å². The van der Waals surface area contributed by atoms with E-state index in [4.69, 9.17) is 41.2 Å². The summed E-state index contributed by atoms with van der Waals surface area (Å²) in [4.78, 5) is 11.6. The van der Waals surface area contributed by atoms with Crippen LogP contribution in [0.2, 0.25) is 0 Å². The van der Waals surface area contributed by atoms with E-state index in [1.165, 1.54) is 3.07 Å². The van der Waals surface area contributed by atoms with Gasteiger partial charge in [-0.3, -0.25) is 0 Å². The molecule has 0 atom stereocenters. The Bertz CT molecular complexity index is 466. The molecule has 1 rings (SSSR count). The Morgan fingerprint density at radius 2 is 0.947 bits per heavy atom. The number of halogens is 5. The molecule has 0 heterocycles. The van der Waals surface area contributed by atoms with Gasteiger partial charge in [0.05, 0.1) is 0 Å². The number of hydrogen-bond acceptors (Lipinski definition) is 1. The number of hydrogen-bond donors (Lipinski definition) is 1. The molecule has 0 aliphatic heterocycles. The summed E-state index contributed by atoms with van der Waals surface area (Å²) in [6.45, 7) is 0. The van der Waals surface area contributed by atoms with Crippen molar-refractivity contribution in [1.29, 1.82) is 0 Å². The summed E-state index contributed by atoms with van der Waals surface area (Å²) in [5.74, 6) is -0.886. The van der Waals surface area contributed by atoms with Crippen LogP contribution in [0.25, 0.3) is 0 Å². The van der Waals surface area contributed by atoms with Crippen molar-refractivity contribution < 1.29 is 127 Å². The summed E-state index contributed by atoms with van der Waals surface area (Å²) in [5, 5.41) is 9.51. The SMILES string of the molecule is O=C(O)c1[c]([Hg][Cl])[c]([Hg][Cl])[c]([Hg][Cl])[c]([Hg][Cl])[c]1[Hg][Cl]. The molecule has 1 N–H and O–H groups in total. The van der Waals surface area contributed by atoms with Crippen LogP contribution < -0.4 is 15.4 Å². The predicted octanol–water partition coefficient (Wildman–Crippen LogP) is 0.693. The van der Waals surface area contributed by atoms with Crippen molar-refractivity contribution in [2.24, 2.45) is 0 Å². The zero-order chi connectivity index (χ0) is 14.6. The van der Waals surface area contributed by atoms with Crippen molar-refractivity contribution in [1.82, 2.24) is 0 Å². The van der Waals surface area contributed by atoms with Gasteiger partial charge in [0.15, 0.2) is 0 Å². The quantitative estimate of drug-likeness (QED) is 0.427. The van der Waals surface area contributed by atoms with E-state index in [0.29, 0.717) is 5.56 Å². The van der Waals surface area contributed by atoms with Crippen molar-refractivity contribution in [3.63, 3.8) is 0 Å². The predicted molar refractivity (Wildman–Crippen MR) is 60.8 cm³/mol. The van der Waals surface area contributed by atoms with Gasteiger partial charge in [0.2, 0.25) is 0 Å². The summed E-state index contributed by atoms with van der Waals surface area (Å²) in [7, 11) is 31.2. The van der Waals surface area contributed by atoms with Crippen molar-refractivity contribution in [3.8, 4) is 0 Å². The first-order valence-electron chi connectivity index (χ1n) is 5.28. The van der Waals surface area contributed by atoms with E-state index in [-0.39, 0.29) is 0 Å². The molecule has 0 aromatic heterocycles. The molecule has 0 radical (unpaired) electrons. The van der Waals surface area contributed by atoms with Crippen LogP contribution in [0.15, 0.2) is 0 Å². The Hall–Kier alpha value is 4.82. The number of aromatic carboxylic acids is 1. The van der Waals surface area contributed by atoms with Gasteiger partial charge >= 0.3 is 195 Å². The Morgan fingerprint density at radius 3 is 1.16 bits per heavy atom. The molecular formula is C7HCl5Hg5O2. The van der Waals surface area contributed by atoms with E-state index in [1.807, 2.05) is 0 Å². The van der Waals surface area contributed by atoms with Crippen LogP contribution in [-0.4, -0.2) is 11.1 Å². The van der Waals surface area contributed by atoms with Crippen molar-refractivity contribution in [2.45, 2.75) is 0 Å². The van der Waals surface area contributed by atoms with Crippen LogP contribution in [-0.2, 0) is 117 Å². The number of rotatable bonds is 6. The number of carboxylic acids is 1. The Morgan fingerprint density at radius 1 is 0.684 bits per heavy atom. The van der Waals surface area contributed by atoms with Crippen molar-refractivity contribution >= 4 is 62.6 Å². The van der Waals surface area contributed by atoms with Gasteiger partial charge in [-0.2, -0.15) is 0 Å². The van der Waals surface area contributed by atoms with Crippen molar-refractivity contribution in [2.75, 3.05) is 0 Å². The van der Waals surface area contributed by atoms with Crippen LogP contribution in [0.3, 0.4) is 0 Å². The fourth-order valence-corrected chi connectivity index (χ4v) is 123. The first-order chi connectivity index (χ1) is 9.06. The molecule has 0 amide bonds. The molecule has 86 valence electrons. The van der Waals surface area contributed by atoms with E-state index < -0.39 is 123 Å². The molecule has 1 aromatic carbocycles. The fraction of sp³-hybridized carbons (Fsp3) is 0. The van der Waals surface area contributed by atoms with E-state index in [1.54, 1.807) is 0 Å². The Kier molecular flexibility index (Phi) is 13.2. The summed E-state index contributed by atoms with van der Waals surface area (Å²) < 4.78 is 5.40. The van der Waals surface area contributed by atoms with Gasteiger partial charge in [-0.1, -0.05) is 0 Å². The van der Waals surface area contributed by atoms with Gasteiger partial charge < -0.3 is 0 Å². The first kappa shape index (κ1) is 21.9. The van der Waals surface area contributed by atoms with Gasteiger partial charge in [-0.25, -0.2) is 0 Å². The molecule has 0 aliphatic carbocycles. The molecule has 0 aliphatic rings. The first-order valence-corrected chi connectivity index (χ1v) is 52.9. The third kappa shape index (κ3) is 5.39. The van der Waals surface area contributed by atoms with E-state index in [2.05, 4.69) is 0 Å². The molecule has 0 unspecified atom stereocenters. The van der Waals surface area contributed by atoms with E-state index in [9.17, 15) is 9.90 Å². The maximum atomic E-state index is 11.6. The zero-order valence-electron chi connectivity index (χ0n) is 9.78. The average molecular weight is 1300 g/mol. The van der Waals surface area contributed by atoms with Gasteiger partial charge in [0.25, 0.3) is 0 Å². The fourth-order valence-electron chi connectivity index (χ4n) is 2.07. The van der Waals surface area contributed by atoms with E-state index in [0.717, 1.165) is 12.3 Å². The molecule has 0 saturated carbocycles. The summed E-state index contributed by atoms with van der Waals surface area (Å²) in [6.07, 6.45) is 0. The van der Waals surface area contributed by atoms with Crippen LogP contribution in [0.4, 0.5) is 0 Å². The summed E-state index contributed by atoms with van der Waals surface area (Å²) >= 11 is -8.95. The molecule has 0 saturated heterocycles. The van der Waals surface area contributed by atoms with Gasteiger partial charge in [0, 0.05) is 0 Å². The average Bonchev–Trinajstić information content (AvgIpc) is 2.43. The minimum atomic E-state index is -1.88. The number of benzene rings is 1. The second-order valence-electron chi connectivity index (χ2n) is 3.74. The van der Waals surface area contributed by atoms with Crippen molar-refractivity contribution in [3.05, 3.63) is 5.56 Å². The van der Waals surface area contributed by atoms with E-state index >= 15 is 0 Å². The molecule has 1 aromatic rings.